The summed E-state index contributed by atoms with van der Waals surface area (Å²) in [4.78, 5) is 29.9. The lowest BCUT2D eigenvalue weighted by Gasteiger charge is -2.08. The van der Waals surface area contributed by atoms with Gasteiger partial charge in [-0.1, -0.05) is 103 Å². The molecule has 0 saturated carbocycles. The number of nitrogens with zero attached hydrogens (tertiary/aromatic N) is 3. The molecule has 1 heterocycles. The average Bonchev–Trinajstić information content (AvgIpc) is 3.38. The molecular formula is C30H23N3O3. The molecule has 0 fully saturated rings. The predicted molar refractivity (Wildman–Crippen MR) is 138 cm³/mol. The van der Waals surface area contributed by atoms with Gasteiger partial charge in [0.2, 0.25) is 0 Å². The summed E-state index contributed by atoms with van der Waals surface area (Å²) in [7, 11) is 0. The lowest BCUT2D eigenvalue weighted by Crippen LogP contribution is -2.15. The third-order valence-electron chi connectivity index (χ3n) is 5.81. The SMILES string of the molecule is Cc1ccccc1-n1nc(C(=O)OCC(=O)c2ccc(-c3ccccc3)cc2)nc1-c1ccccc1. The van der Waals surface area contributed by atoms with Crippen LogP contribution in [0.2, 0.25) is 0 Å². The fourth-order valence-electron chi connectivity index (χ4n) is 3.90. The molecule has 0 unspecified atom stereocenters. The Morgan fingerprint density at radius 3 is 1.97 bits per heavy atom. The highest BCUT2D eigenvalue weighted by molar-refractivity contribution is 5.99. The zero-order valence-electron chi connectivity index (χ0n) is 19.7. The first-order chi connectivity index (χ1) is 17.6. The summed E-state index contributed by atoms with van der Waals surface area (Å²) in [5.41, 5.74) is 5.12. The molecule has 0 amide bonds. The Morgan fingerprint density at radius 1 is 0.722 bits per heavy atom. The van der Waals surface area contributed by atoms with Gasteiger partial charge in [0.15, 0.2) is 18.2 Å². The summed E-state index contributed by atoms with van der Waals surface area (Å²) in [6, 6.07) is 34.3. The zero-order chi connectivity index (χ0) is 24.9. The number of ketones is 1. The van der Waals surface area contributed by atoms with E-state index in [0.717, 1.165) is 27.9 Å². The van der Waals surface area contributed by atoms with Crippen LogP contribution in [0.25, 0.3) is 28.2 Å². The van der Waals surface area contributed by atoms with E-state index in [1.807, 2.05) is 104 Å². The van der Waals surface area contributed by atoms with E-state index < -0.39 is 12.6 Å². The van der Waals surface area contributed by atoms with E-state index in [4.69, 9.17) is 4.74 Å². The second kappa shape index (κ2) is 10.2. The molecule has 0 aliphatic heterocycles. The highest BCUT2D eigenvalue weighted by Gasteiger charge is 2.21. The minimum Gasteiger partial charge on any atom is -0.451 e. The second-order valence-electron chi connectivity index (χ2n) is 8.27. The van der Waals surface area contributed by atoms with Crippen molar-refractivity contribution in [1.82, 2.24) is 14.8 Å². The fourth-order valence-corrected chi connectivity index (χ4v) is 3.90. The van der Waals surface area contributed by atoms with E-state index in [1.165, 1.54) is 0 Å². The van der Waals surface area contributed by atoms with E-state index >= 15 is 0 Å². The van der Waals surface area contributed by atoms with Crippen molar-refractivity contribution in [3.63, 3.8) is 0 Å². The molecule has 6 heteroatoms. The molecule has 0 saturated heterocycles. The Morgan fingerprint density at radius 2 is 1.31 bits per heavy atom. The second-order valence-corrected chi connectivity index (χ2v) is 8.27. The summed E-state index contributed by atoms with van der Waals surface area (Å²) in [6.45, 7) is 1.56. The molecule has 5 rings (SSSR count). The Bertz CT molecular complexity index is 1510. The number of Topliss-reactive ketones (excluding diaryl/α,β-unsaturated/α-hetero) is 1. The number of para-hydroxylation sites is 1. The van der Waals surface area contributed by atoms with Crippen LogP contribution in [0.4, 0.5) is 0 Å². The van der Waals surface area contributed by atoms with Crippen LogP contribution in [0.3, 0.4) is 0 Å². The third-order valence-corrected chi connectivity index (χ3v) is 5.81. The van der Waals surface area contributed by atoms with Crippen LogP contribution in [0, 0.1) is 6.92 Å². The smallest absolute Gasteiger partial charge is 0.378 e. The molecule has 0 aliphatic carbocycles. The van der Waals surface area contributed by atoms with E-state index in [-0.39, 0.29) is 11.6 Å². The molecule has 0 aliphatic rings. The molecule has 1 aromatic heterocycles. The molecular weight excluding hydrogens is 450 g/mol. The van der Waals surface area contributed by atoms with E-state index in [2.05, 4.69) is 10.1 Å². The van der Waals surface area contributed by atoms with Crippen LogP contribution < -0.4 is 0 Å². The summed E-state index contributed by atoms with van der Waals surface area (Å²) in [5, 5.41) is 4.43. The van der Waals surface area contributed by atoms with Gasteiger partial charge in [0.05, 0.1) is 5.69 Å². The van der Waals surface area contributed by atoms with Gasteiger partial charge >= 0.3 is 5.97 Å². The first-order valence-electron chi connectivity index (χ1n) is 11.5. The number of hydrogen-bond donors (Lipinski definition) is 0. The first-order valence-corrected chi connectivity index (χ1v) is 11.5. The maximum atomic E-state index is 12.8. The van der Waals surface area contributed by atoms with Gasteiger partial charge in [0, 0.05) is 11.1 Å². The van der Waals surface area contributed by atoms with Crippen molar-refractivity contribution in [3.05, 3.63) is 126 Å². The van der Waals surface area contributed by atoms with Crippen LogP contribution in [0.15, 0.2) is 109 Å². The number of hydrogen-bond acceptors (Lipinski definition) is 5. The normalized spacial score (nSPS) is 10.7. The number of rotatable bonds is 7. The van der Waals surface area contributed by atoms with Crippen molar-refractivity contribution in [2.75, 3.05) is 6.61 Å². The van der Waals surface area contributed by atoms with E-state index in [9.17, 15) is 9.59 Å². The molecule has 36 heavy (non-hydrogen) atoms. The van der Waals surface area contributed by atoms with Crippen molar-refractivity contribution in [2.24, 2.45) is 0 Å². The maximum absolute atomic E-state index is 12.8. The number of ether oxygens (including phenoxy) is 1. The lowest BCUT2D eigenvalue weighted by molar-refractivity contribution is 0.0462. The molecule has 6 nitrogen and oxygen atoms in total. The van der Waals surface area contributed by atoms with Gasteiger partial charge in [-0.15, -0.1) is 5.10 Å². The molecule has 0 spiro atoms. The third kappa shape index (κ3) is 4.83. The Labute approximate surface area is 208 Å². The lowest BCUT2D eigenvalue weighted by atomic mass is 10.0. The van der Waals surface area contributed by atoms with Gasteiger partial charge in [0.1, 0.15) is 0 Å². The summed E-state index contributed by atoms with van der Waals surface area (Å²) in [6.07, 6.45) is 0. The molecule has 0 N–H and O–H groups in total. The topological polar surface area (TPSA) is 74.1 Å². The number of aryl methyl sites for hydroxylation is 1. The van der Waals surface area contributed by atoms with Crippen LogP contribution in [-0.2, 0) is 4.74 Å². The minimum atomic E-state index is -0.756. The van der Waals surface area contributed by atoms with Crippen LogP contribution >= 0.6 is 0 Å². The van der Waals surface area contributed by atoms with Crippen LogP contribution in [0.5, 0.6) is 0 Å². The number of carbonyl (C=O) groups excluding carboxylic acids is 2. The van der Waals surface area contributed by atoms with Gasteiger partial charge in [-0.2, -0.15) is 0 Å². The standard InChI is InChI=1S/C30H23N3O3/c1-21-10-8-9-15-26(21)33-29(25-13-6-3-7-14-25)31-28(32-33)30(35)36-20-27(34)24-18-16-23(17-19-24)22-11-4-2-5-12-22/h2-19H,20H2,1H3. The van der Waals surface area contributed by atoms with Crippen LogP contribution in [-0.4, -0.2) is 33.1 Å². The van der Waals surface area contributed by atoms with Gasteiger partial charge in [-0.05, 0) is 29.7 Å². The van der Waals surface area contributed by atoms with E-state index in [1.54, 1.807) is 16.8 Å². The number of esters is 1. The largest absolute Gasteiger partial charge is 0.451 e. The molecule has 5 aromatic rings. The first kappa shape index (κ1) is 22.9. The van der Waals surface area contributed by atoms with Gasteiger partial charge < -0.3 is 4.74 Å². The minimum absolute atomic E-state index is 0.107. The Hall–Kier alpha value is -4.84. The monoisotopic (exact) mass is 473 g/mol. The predicted octanol–water partition coefficient (Wildman–Crippen LogP) is 5.95. The summed E-state index contributed by atoms with van der Waals surface area (Å²) in [5.74, 6) is -0.651. The van der Waals surface area contributed by atoms with Crippen molar-refractivity contribution < 1.29 is 14.3 Å². The van der Waals surface area contributed by atoms with Crippen molar-refractivity contribution in [2.45, 2.75) is 6.92 Å². The molecule has 4 aromatic carbocycles. The molecule has 0 bridgehead atoms. The summed E-state index contributed by atoms with van der Waals surface area (Å²) >= 11 is 0. The summed E-state index contributed by atoms with van der Waals surface area (Å²) < 4.78 is 6.93. The van der Waals surface area contributed by atoms with Crippen molar-refractivity contribution in [3.8, 4) is 28.2 Å². The van der Waals surface area contributed by atoms with E-state index in [0.29, 0.717) is 11.4 Å². The van der Waals surface area contributed by atoms with Gasteiger partial charge in [-0.25, -0.2) is 14.5 Å². The Balaban J connectivity index is 1.34. The highest BCUT2D eigenvalue weighted by Crippen LogP contribution is 2.23. The van der Waals surface area contributed by atoms with Gasteiger partial charge in [-0.3, -0.25) is 4.79 Å². The molecule has 0 radical (unpaired) electrons. The fraction of sp³-hybridized carbons (Fsp3) is 0.0667. The van der Waals surface area contributed by atoms with Crippen molar-refractivity contribution in [1.29, 1.82) is 0 Å². The molecule has 0 atom stereocenters. The molecule has 176 valence electrons. The zero-order valence-corrected chi connectivity index (χ0v) is 19.7. The quantitative estimate of drug-likeness (QED) is 0.216. The van der Waals surface area contributed by atoms with Gasteiger partial charge in [0.25, 0.3) is 5.82 Å². The van der Waals surface area contributed by atoms with Crippen molar-refractivity contribution >= 4 is 11.8 Å². The average molecular weight is 474 g/mol. The number of aromatic nitrogens is 3. The Kier molecular flexibility index (Phi) is 6.49. The highest BCUT2D eigenvalue weighted by atomic mass is 16.5. The number of benzene rings is 4. The number of carbonyl (C=O) groups is 2. The maximum Gasteiger partial charge on any atom is 0.378 e. The van der Waals surface area contributed by atoms with Crippen LogP contribution in [0.1, 0.15) is 26.5 Å².